The fourth-order valence-corrected chi connectivity index (χ4v) is 3.17. The molecule has 0 aromatic heterocycles. The Hall–Kier alpha value is -0.970. The van der Waals surface area contributed by atoms with Crippen molar-refractivity contribution in [2.75, 3.05) is 5.75 Å². The van der Waals surface area contributed by atoms with Crippen LogP contribution in [0.4, 0.5) is 0 Å². The summed E-state index contributed by atoms with van der Waals surface area (Å²) in [6.45, 7) is 2.04. The normalized spacial score (nSPS) is 14.1. The van der Waals surface area contributed by atoms with Crippen LogP contribution in [0.1, 0.15) is 17.2 Å². The molecule has 19 heavy (non-hydrogen) atoms. The van der Waals surface area contributed by atoms with Gasteiger partial charge in [0.25, 0.3) is 0 Å². The first-order valence-corrected chi connectivity index (χ1v) is 8.13. The Balaban J connectivity index is 2.06. The summed E-state index contributed by atoms with van der Waals surface area (Å²) in [6, 6.07) is 15.4. The highest BCUT2D eigenvalue weighted by Gasteiger charge is 2.12. The summed E-state index contributed by atoms with van der Waals surface area (Å²) < 4.78 is 13.2. The van der Waals surface area contributed by atoms with Gasteiger partial charge in [-0.1, -0.05) is 45.8 Å². The van der Waals surface area contributed by atoms with Gasteiger partial charge in [0.15, 0.2) is 0 Å². The van der Waals surface area contributed by atoms with Gasteiger partial charge in [-0.2, -0.15) is 0 Å². The second kappa shape index (κ2) is 6.46. The Morgan fingerprint density at radius 1 is 1.11 bits per heavy atom. The maximum atomic E-state index is 12.2. The lowest BCUT2D eigenvalue weighted by molar-refractivity contribution is 0.675. The van der Waals surface area contributed by atoms with E-state index in [0.29, 0.717) is 5.75 Å². The maximum absolute atomic E-state index is 12.2. The molecule has 4 heteroatoms. The summed E-state index contributed by atoms with van der Waals surface area (Å²) in [5, 5.41) is 0. The van der Waals surface area contributed by atoms with Crippen molar-refractivity contribution in [3.8, 4) is 0 Å². The van der Waals surface area contributed by atoms with Gasteiger partial charge in [0.2, 0.25) is 0 Å². The summed E-state index contributed by atoms with van der Waals surface area (Å²) in [5.41, 5.74) is 8.33. The molecule has 2 unspecified atom stereocenters. The van der Waals surface area contributed by atoms with Crippen molar-refractivity contribution in [2.24, 2.45) is 5.73 Å². The molecular formula is C15H16BrNOS. The van der Waals surface area contributed by atoms with E-state index in [0.717, 1.165) is 14.9 Å². The zero-order valence-electron chi connectivity index (χ0n) is 10.7. The SMILES string of the molecule is Cc1ccc(C(N)CS(=O)c2ccc(Br)cc2)cc1. The summed E-state index contributed by atoms with van der Waals surface area (Å²) in [7, 11) is -1.07. The van der Waals surface area contributed by atoms with Crippen molar-refractivity contribution in [1.82, 2.24) is 0 Å². The third-order valence-electron chi connectivity index (χ3n) is 2.91. The first-order valence-electron chi connectivity index (χ1n) is 6.02. The van der Waals surface area contributed by atoms with E-state index < -0.39 is 10.8 Å². The van der Waals surface area contributed by atoms with Gasteiger partial charge in [-0.3, -0.25) is 4.21 Å². The highest BCUT2D eigenvalue weighted by Crippen LogP contribution is 2.18. The molecule has 0 spiro atoms. The summed E-state index contributed by atoms with van der Waals surface area (Å²) in [5.74, 6) is 0.435. The second-order valence-corrected chi connectivity index (χ2v) is 6.89. The molecule has 2 N–H and O–H groups in total. The average Bonchev–Trinajstić information content (AvgIpc) is 2.40. The second-order valence-electron chi connectivity index (χ2n) is 4.48. The summed E-state index contributed by atoms with van der Waals surface area (Å²) in [6.07, 6.45) is 0. The third kappa shape index (κ3) is 4.00. The van der Waals surface area contributed by atoms with E-state index in [9.17, 15) is 4.21 Å². The van der Waals surface area contributed by atoms with Gasteiger partial charge in [-0.15, -0.1) is 0 Å². The Morgan fingerprint density at radius 3 is 2.26 bits per heavy atom. The van der Waals surface area contributed by atoms with Crippen LogP contribution < -0.4 is 5.73 Å². The van der Waals surface area contributed by atoms with Crippen LogP contribution in [0.2, 0.25) is 0 Å². The van der Waals surface area contributed by atoms with E-state index in [1.165, 1.54) is 5.56 Å². The van der Waals surface area contributed by atoms with E-state index in [4.69, 9.17) is 5.73 Å². The lowest BCUT2D eigenvalue weighted by atomic mass is 10.1. The van der Waals surface area contributed by atoms with Crippen molar-refractivity contribution in [3.05, 3.63) is 64.1 Å². The predicted molar refractivity (Wildman–Crippen MR) is 83.5 cm³/mol. The molecule has 2 aromatic rings. The van der Waals surface area contributed by atoms with Gasteiger partial charge in [-0.25, -0.2) is 0 Å². The minimum absolute atomic E-state index is 0.204. The third-order valence-corrected chi connectivity index (χ3v) is 4.90. The van der Waals surface area contributed by atoms with E-state index in [1.807, 2.05) is 55.5 Å². The minimum Gasteiger partial charge on any atom is -0.323 e. The molecule has 2 rings (SSSR count). The Bertz CT molecular complexity index is 566. The molecule has 0 saturated carbocycles. The fourth-order valence-electron chi connectivity index (χ4n) is 1.76. The topological polar surface area (TPSA) is 43.1 Å². The molecule has 0 saturated heterocycles. The monoisotopic (exact) mass is 337 g/mol. The molecule has 0 bridgehead atoms. The van der Waals surface area contributed by atoms with Crippen LogP contribution in [0.15, 0.2) is 57.9 Å². The van der Waals surface area contributed by atoms with E-state index in [1.54, 1.807) is 0 Å². The van der Waals surface area contributed by atoms with Crippen LogP contribution in [0.3, 0.4) is 0 Å². The smallest absolute Gasteiger partial charge is 0.0548 e. The highest BCUT2D eigenvalue weighted by atomic mass is 79.9. The average molecular weight is 338 g/mol. The quantitative estimate of drug-likeness (QED) is 0.926. The van der Waals surface area contributed by atoms with Gasteiger partial charge >= 0.3 is 0 Å². The van der Waals surface area contributed by atoms with Crippen molar-refractivity contribution in [1.29, 1.82) is 0 Å². The Kier molecular flexibility index (Phi) is 4.91. The van der Waals surface area contributed by atoms with Crippen LogP contribution >= 0.6 is 15.9 Å². The molecule has 0 aliphatic heterocycles. The number of hydrogen-bond donors (Lipinski definition) is 1. The standard InChI is InChI=1S/C15H16BrNOS/c1-11-2-4-12(5-3-11)15(17)10-19(18)14-8-6-13(16)7-9-14/h2-9,15H,10,17H2,1H3. The number of aryl methyl sites for hydroxylation is 1. The Morgan fingerprint density at radius 2 is 1.68 bits per heavy atom. The van der Waals surface area contributed by atoms with Crippen LogP contribution in [0.25, 0.3) is 0 Å². The zero-order chi connectivity index (χ0) is 13.8. The van der Waals surface area contributed by atoms with Crippen molar-refractivity contribution < 1.29 is 4.21 Å². The van der Waals surface area contributed by atoms with Gasteiger partial charge in [0.1, 0.15) is 0 Å². The molecule has 100 valence electrons. The van der Waals surface area contributed by atoms with Crippen molar-refractivity contribution in [3.63, 3.8) is 0 Å². The van der Waals surface area contributed by atoms with Crippen LogP contribution in [0.5, 0.6) is 0 Å². The van der Waals surface area contributed by atoms with Crippen molar-refractivity contribution >= 4 is 26.7 Å². The van der Waals surface area contributed by atoms with E-state index in [-0.39, 0.29) is 6.04 Å². The number of benzene rings is 2. The largest absolute Gasteiger partial charge is 0.323 e. The van der Waals surface area contributed by atoms with E-state index in [2.05, 4.69) is 15.9 Å². The maximum Gasteiger partial charge on any atom is 0.0548 e. The van der Waals surface area contributed by atoms with E-state index >= 15 is 0 Å². The first kappa shape index (κ1) is 14.4. The number of hydrogen-bond acceptors (Lipinski definition) is 2. The van der Waals surface area contributed by atoms with Gasteiger partial charge < -0.3 is 5.73 Å². The van der Waals surface area contributed by atoms with Crippen LogP contribution in [-0.4, -0.2) is 9.96 Å². The van der Waals surface area contributed by atoms with Crippen LogP contribution in [0, 0.1) is 6.92 Å². The predicted octanol–water partition coefficient (Wildman–Crippen LogP) is 3.57. The lowest BCUT2D eigenvalue weighted by Gasteiger charge is -2.12. The zero-order valence-corrected chi connectivity index (χ0v) is 13.1. The van der Waals surface area contributed by atoms with Gasteiger partial charge in [0.05, 0.1) is 10.8 Å². The molecule has 0 radical (unpaired) electrons. The number of nitrogens with two attached hydrogens (primary N) is 1. The molecule has 0 amide bonds. The molecule has 2 atom stereocenters. The molecule has 0 fully saturated rings. The van der Waals surface area contributed by atoms with Crippen molar-refractivity contribution in [2.45, 2.75) is 17.9 Å². The first-order chi connectivity index (χ1) is 9.06. The summed E-state index contributed by atoms with van der Waals surface area (Å²) in [4.78, 5) is 0.811. The van der Waals surface area contributed by atoms with Gasteiger partial charge in [0, 0.05) is 21.2 Å². The highest BCUT2D eigenvalue weighted by molar-refractivity contribution is 9.10. The number of rotatable bonds is 4. The number of halogens is 1. The molecule has 0 heterocycles. The summed E-state index contributed by atoms with van der Waals surface area (Å²) >= 11 is 3.37. The lowest BCUT2D eigenvalue weighted by Crippen LogP contribution is -2.18. The molecular weight excluding hydrogens is 322 g/mol. The van der Waals surface area contributed by atoms with Crippen LogP contribution in [-0.2, 0) is 10.8 Å². The molecule has 2 aromatic carbocycles. The minimum atomic E-state index is -1.07. The fraction of sp³-hybridized carbons (Fsp3) is 0.200. The Labute approximate surface area is 124 Å². The molecule has 0 aliphatic carbocycles. The van der Waals surface area contributed by atoms with Gasteiger partial charge in [-0.05, 0) is 36.8 Å². The molecule has 0 aliphatic rings. The molecule has 2 nitrogen and oxygen atoms in total.